The van der Waals surface area contributed by atoms with Gasteiger partial charge in [0.15, 0.2) is 0 Å². The number of nitrogens with one attached hydrogen (secondary N) is 2. The number of hydrogen-bond donors (Lipinski definition) is 2. The summed E-state index contributed by atoms with van der Waals surface area (Å²) in [5, 5.41) is 9.08. The molecule has 170 valence electrons. The molecule has 0 radical (unpaired) electrons. The van der Waals surface area contributed by atoms with Crippen LogP contribution in [-0.2, 0) is 17.8 Å². The van der Waals surface area contributed by atoms with E-state index in [1.165, 1.54) is 5.56 Å². The molecule has 2 N–H and O–H groups in total. The molecule has 0 aliphatic heterocycles. The molecule has 1 heterocycles. The molecular weight excluding hydrogens is 408 g/mol. The van der Waals surface area contributed by atoms with Gasteiger partial charge in [-0.15, -0.1) is 11.3 Å². The van der Waals surface area contributed by atoms with Gasteiger partial charge in [0, 0.05) is 24.4 Å². The SMILES string of the molecule is CCC(Cc1ccccc1)NC(=O)C(NC(=O)N(C)Cc1csc(C(C)C)n1)C(C)C. The maximum Gasteiger partial charge on any atom is 0.318 e. The smallest absolute Gasteiger partial charge is 0.318 e. The predicted octanol–water partition coefficient (Wildman–Crippen LogP) is 4.57. The van der Waals surface area contributed by atoms with Gasteiger partial charge in [-0.2, -0.15) is 0 Å². The lowest BCUT2D eigenvalue weighted by molar-refractivity contribution is -0.124. The van der Waals surface area contributed by atoms with Crippen LogP contribution in [0.15, 0.2) is 35.7 Å². The largest absolute Gasteiger partial charge is 0.351 e. The van der Waals surface area contributed by atoms with E-state index in [-0.39, 0.29) is 23.9 Å². The van der Waals surface area contributed by atoms with Crippen molar-refractivity contribution in [3.8, 4) is 0 Å². The Kier molecular flexibility index (Phi) is 9.49. The second kappa shape index (κ2) is 11.8. The molecule has 3 amide bonds. The first-order chi connectivity index (χ1) is 14.7. The lowest BCUT2D eigenvalue weighted by Gasteiger charge is -2.27. The molecule has 6 nitrogen and oxygen atoms in total. The molecule has 0 bridgehead atoms. The molecule has 7 heteroatoms. The van der Waals surface area contributed by atoms with Gasteiger partial charge in [0.25, 0.3) is 0 Å². The second-order valence-corrected chi connectivity index (χ2v) is 9.55. The van der Waals surface area contributed by atoms with Crippen molar-refractivity contribution in [2.45, 2.75) is 72.0 Å². The summed E-state index contributed by atoms with van der Waals surface area (Å²) >= 11 is 1.61. The Bertz CT molecular complexity index is 835. The highest BCUT2D eigenvalue weighted by Crippen LogP contribution is 2.20. The Hall–Kier alpha value is -2.41. The number of rotatable bonds is 10. The van der Waals surface area contributed by atoms with E-state index in [9.17, 15) is 9.59 Å². The summed E-state index contributed by atoms with van der Waals surface area (Å²) in [4.78, 5) is 31.9. The summed E-state index contributed by atoms with van der Waals surface area (Å²) in [6.07, 6.45) is 1.59. The van der Waals surface area contributed by atoms with E-state index in [2.05, 4.69) is 48.5 Å². The zero-order valence-corrected chi connectivity index (χ0v) is 20.3. The average Bonchev–Trinajstić information content (AvgIpc) is 3.20. The zero-order chi connectivity index (χ0) is 23.0. The normalized spacial score (nSPS) is 13.2. The number of thiazole rings is 1. The van der Waals surface area contributed by atoms with Gasteiger partial charge < -0.3 is 15.5 Å². The standard InChI is InChI=1S/C24H36N4O2S/c1-7-19(13-18-11-9-8-10-12-18)25-22(29)21(16(2)3)27-24(30)28(6)14-20-15-31-23(26-20)17(4)5/h8-12,15-17,19,21H,7,13-14H2,1-6H3,(H,25,29)(H,27,30). The highest BCUT2D eigenvalue weighted by molar-refractivity contribution is 7.09. The first kappa shape index (κ1) is 24.9. The minimum atomic E-state index is -0.596. The van der Waals surface area contributed by atoms with Crippen molar-refractivity contribution in [2.24, 2.45) is 5.92 Å². The molecule has 0 saturated heterocycles. The van der Waals surface area contributed by atoms with Crippen molar-refractivity contribution >= 4 is 23.3 Å². The molecule has 2 aromatic rings. The van der Waals surface area contributed by atoms with Crippen LogP contribution in [0.2, 0.25) is 0 Å². The number of nitrogens with zero attached hydrogens (tertiary/aromatic N) is 2. The van der Waals surface area contributed by atoms with Crippen LogP contribution in [0, 0.1) is 5.92 Å². The van der Waals surface area contributed by atoms with Crippen molar-refractivity contribution in [1.29, 1.82) is 0 Å². The summed E-state index contributed by atoms with van der Waals surface area (Å²) in [6.45, 7) is 10.6. The van der Waals surface area contributed by atoms with Crippen LogP contribution >= 0.6 is 11.3 Å². The molecule has 0 aliphatic carbocycles. The highest BCUT2D eigenvalue weighted by Gasteiger charge is 2.27. The van der Waals surface area contributed by atoms with Crippen LogP contribution < -0.4 is 10.6 Å². The third kappa shape index (κ3) is 7.65. The predicted molar refractivity (Wildman–Crippen MR) is 127 cm³/mol. The topological polar surface area (TPSA) is 74.3 Å². The molecule has 0 aliphatic rings. The van der Waals surface area contributed by atoms with Gasteiger partial charge >= 0.3 is 6.03 Å². The van der Waals surface area contributed by atoms with E-state index >= 15 is 0 Å². The van der Waals surface area contributed by atoms with E-state index in [1.54, 1.807) is 23.3 Å². The van der Waals surface area contributed by atoms with E-state index in [4.69, 9.17) is 0 Å². The van der Waals surface area contributed by atoms with Crippen molar-refractivity contribution < 1.29 is 9.59 Å². The van der Waals surface area contributed by atoms with Crippen LogP contribution in [0.5, 0.6) is 0 Å². The van der Waals surface area contributed by atoms with E-state index in [0.29, 0.717) is 12.5 Å². The molecule has 1 aromatic carbocycles. The van der Waals surface area contributed by atoms with Crippen LogP contribution in [0.4, 0.5) is 4.79 Å². The van der Waals surface area contributed by atoms with Gasteiger partial charge in [-0.05, 0) is 24.3 Å². The highest BCUT2D eigenvalue weighted by atomic mass is 32.1. The quantitative estimate of drug-likeness (QED) is 0.564. The van der Waals surface area contributed by atoms with Gasteiger partial charge in [-0.25, -0.2) is 9.78 Å². The van der Waals surface area contributed by atoms with Crippen molar-refractivity contribution in [2.75, 3.05) is 7.05 Å². The first-order valence-electron chi connectivity index (χ1n) is 11.0. The molecule has 0 spiro atoms. The summed E-state index contributed by atoms with van der Waals surface area (Å²) in [6, 6.07) is 9.27. The van der Waals surface area contributed by atoms with Crippen LogP contribution in [0.25, 0.3) is 0 Å². The summed E-state index contributed by atoms with van der Waals surface area (Å²) in [7, 11) is 1.73. The average molecular weight is 445 g/mol. The van der Waals surface area contributed by atoms with Gasteiger partial charge in [0.2, 0.25) is 5.91 Å². The van der Waals surface area contributed by atoms with Gasteiger partial charge in [-0.3, -0.25) is 4.79 Å². The summed E-state index contributed by atoms with van der Waals surface area (Å²) in [5.41, 5.74) is 2.05. The minimum Gasteiger partial charge on any atom is -0.351 e. The lowest BCUT2D eigenvalue weighted by atomic mass is 10.0. The van der Waals surface area contributed by atoms with Gasteiger partial charge in [-0.1, -0.05) is 65.0 Å². The maximum atomic E-state index is 13.0. The fraction of sp³-hybridized carbons (Fsp3) is 0.542. The molecule has 0 fully saturated rings. The number of benzene rings is 1. The Morgan fingerprint density at radius 2 is 1.77 bits per heavy atom. The van der Waals surface area contributed by atoms with E-state index in [0.717, 1.165) is 23.5 Å². The monoisotopic (exact) mass is 444 g/mol. The molecule has 1 aromatic heterocycles. The number of aromatic nitrogens is 1. The number of urea groups is 1. The molecule has 0 saturated carbocycles. The number of amides is 3. The van der Waals surface area contributed by atoms with Gasteiger partial charge in [0.1, 0.15) is 6.04 Å². The fourth-order valence-corrected chi connectivity index (χ4v) is 4.07. The summed E-state index contributed by atoms with van der Waals surface area (Å²) < 4.78 is 0. The molecule has 31 heavy (non-hydrogen) atoms. The Morgan fingerprint density at radius 1 is 1.10 bits per heavy atom. The van der Waals surface area contributed by atoms with Crippen LogP contribution in [0.1, 0.15) is 63.2 Å². The Balaban J connectivity index is 1.96. The number of hydrogen-bond acceptors (Lipinski definition) is 4. The third-order valence-corrected chi connectivity index (χ3v) is 6.40. The molecule has 2 atom stereocenters. The Morgan fingerprint density at radius 3 is 2.32 bits per heavy atom. The van der Waals surface area contributed by atoms with Crippen molar-refractivity contribution in [3.05, 3.63) is 52.0 Å². The third-order valence-electron chi connectivity index (χ3n) is 5.20. The van der Waals surface area contributed by atoms with Crippen LogP contribution in [0.3, 0.4) is 0 Å². The first-order valence-corrected chi connectivity index (χ1v) is 11.9. The number of carbonyl (C=O) groups excluding carboxylic acids is 2. The molecule has 2 unspecified atom stereocenters. The van der Waals surface area contributed by atoms with Gasteiger partial charge in [0.05, 0.1) is 17.2 Å². The zero-order valence-electron chi connectivity index (χ0n) is 19.5. The minimum absolute atomic E-state index is 0.0234. The Labute approximate surface area is 190 Å². The van der Waals surface area contributed by atoms with E-state index < -0.39 is 6.04 Å². The lowest BCUT2D eigenvalue weighted by Crippen LogP contribution is -2.54. The van der Waals surface area contributed by atoms with Crippen molar-refractivity contribution in [3.63, 3.8) is 0 Å². The number of carbonyl (C=O) groups is 2. The fourth-order valence-electron chi connectivity index (χ4n) is 3.24. The summed E-state index contributed by atoms with van der Waals surface area (Å²) in [5.74, 6) is 0.197. The second-order valence-electron chi connectivity index (χ2n) is 8.66. The van der Waals surface area contributed by atoms with Crippen LogP contribution in [-0.4, -0.2) is 41.0 Å². The van der Waals surface area contributed by atoms with E-state index in [1.807, 2.05) is 37.4 Å². The molecule has 2 rings (SSSR count). The molecular formula is C24H36N4O2S. The van der Waals surface area contributed by atoms with Crippen molar-refractivity contribution in [1.82, 2.24) is 20.5 Å². The maximum absolute atomic E-state index is 13.0.